The second kappa shape index (κ2) is 12.4. The lowest BCUT2D eigenvalue weighted by molar-refractivity contribution is -0.134. The van der Waals surface area contributed by atoms with Gasteiger partial charge in [0.1, 0.15) is 5.75 Å². The van der Waals surface area contributed by atoms with Gasteiger partial charge in [-0.3, -0.25) is 9.35 Å². The van der Waals surface area contributed by atoms with Gasteiger partial charge in [-0.2, -0.15) is 8.42 Å². The summed E-state index contributed by atoms with van der Waals surface area (Å²) in [7, 11) is -4.23. The van der Waals surface area contributed by atoms with Crippen molar-refractivity contribution >= 4 is 16.1 Å². The van der Waals surface area contributed by atoms with Crippen LogP contribution in [0.5, 0.6) is 5.75 Å². The zero-order valence-electron chi connectivity index (χ0n) is 16.8. The van der Waals surface area contributed by atoms with Crippen molar-refractivity contribution < 1.29 is 22.5 Å². The van der Waals surface area contributed by atoms with Crippen LogP contribution in [0, 0.1) is 0 Å². The first kappa shape index (κ1) is 23.1. The highest BCUT2D eigenvalue weighted by Crippen LogP contribution is 2.17. The van der Waals surface area contributed by atoms with Crippen LogP contribution in [0.2, 0.25) is 0 Å². The van der Waals surface area contributed by atoms with E-state index < -0.39 is 10.1 Å². The van der Waals surface area contributed by atoms with Gasteiger partial charge in [0.25, 0.3) is 10.1 Å². The van der Waals surface area contributed by atoms with Gasteiger partial charge in [0, 0.05) is 6.42 Å². The summed E-state index contributed by atoms with van der Waals surface area (Å²) in [6.45, 7) is 0. The van der Waals surface area contributed by atoms with Crippen LogP contribution in [0.3, 0.4) is 0 Å². The van der Waals surface area contributed by atoms with Crippen molar-refractivity contribution in [3.8, 4) is 5.75 Å². The second-order valence-electron chi connectivity index (χ2n) is 7.23. The third kappa shape index (κ3) is 9.72. The molecule has 0 aromatic heterocycles. The molecule has 0 radical (unpaired) electrons. The van der Waals surface area contributed by atoms with Gasteiger partial charge in [-0.1, -0.05) is 68.9 Å². The number of unbranched alkanes of at least 4 members (excludes halogenated alkanes) is 7. The summed E-state index contributed by atoms with van der Waals surface area (Å²) in [4.78, 5) is 11.6. The fraction of sp³-hybridized carbons (Fsp3) is 0.435. The second-order valence-corrected chi connectivity index (χ2v) is 8.66. The lowest BCUT2D eigenvalue weighted by atomic mass is 10.0. The van der Waals surface area contributed by atoms with Gasteiger partial charge in [0.05, 0.1) is 4.90 Å². The first-order valence-corrected chi connectivity index (χ1v) is 11.7. The Labute approximate surface area is 173 Å². The van der Waals surface area contributed by atoms with Gasteiger partial charge in [-0.05, 0) is 49.1 Å². The van der Waals surface area contributed by atoms with Crippen molar-refractivity contribution in [1.29, 1.82) is 0 Å². The van der Waals surface area contributed by atoms with Crippen LogP contribution < -0.4 is 4.74 Å². The van der Waals surface area contributed by atoms with Crippen LogP contribution in [0.15, 0.2) is 59.5 Å². The average Bonchev–Trinajstić information content (AvgIpc) is 2.70. The predicted molar refractivity (Wildman–Crippen MR) is 114 cm³/mol. The maximum Gasteiger partial charge on any atom is 0.311 e. The number of rotatable bonds is 13. The first-order valence-electron chi connectivity index (χ1n) is 10.3. The Morgan fingerprint density at radius 1 is 0.759 bits per heavy atom. The lowest BCUT2D eigenvalue weighted by Gasteiger charge is -2.05. The largest absolute Gasteiger partial charge is 0.427 e. The zero-order valence-corrected chi connectivity index (χ0v) is 17.6. The minimum absolute atomic E-state index is 0.225. The van der Waals surface area contributed by atoms with Crippen LogP contribution in [-0.2, 0) is 21.3 Å². The Bertz CT molecular complexity index is 829. The minimum atomic E-state index is -4.23. The summed E-state index contributed by atoms with van der Waals surface area (Å²) in [5, 5.41) is 0. The molecule has 0 heterocycles. The average molecular weight is 419 g/mol. The molecule has 0 bridgehead atoms. The van der Waals surface area contributed by atoms with E-state index in [1.807, 2.05) is 6.07 Å². The Kier molecular flexibility index (Phi) is 9.88. The molecular weight excluding hydrogens is 388 g/mol. The van der Waals surface area contributed by atoms with Crippen molar-refractivity contribution in [2.75, 3.05) is 0 Å². The van der Waals surface area contributed by atoms with Crippen LogP contribution in [-0.4, -0.2) is 18.9 Å². The summed E-state index contributed by atoms with van der Waals surface area (Å²) in [5.41, 5.74) is 1.41. The Morgan fingerprint density at radius 3 is 1.90 bits per heavy atom. The number of benzene rings is 2. The van der Waals surface area contributed by atoms with Gasteiger partial charge in [-0.15, -0.1) is 0 Å². The number of carbonyl (C=O) groups excluding carboxylic acids is 1. The molecule has 1 N–H and O–H groups in total. The summed E-state index contributed by atoms with van der Waals surface area (Å²) < 4.78 is 36.0. The van der Waals surface area contributed by atoms with E-state index in [0.717, 1.165) is 25.7 Å². The number of hydrogen-bond acceptors (Lipinski definition) is 4. The quantitative estimate of drug-likeness (QED) is 0.198. The van der Waals surface area contributed by atoms with Crippen molar-refractivity contribution in [3.05, 3.63) is 60.2 Å². The minimum Gasteiger partial charge on any atom is -0.427 e. The number of carbonyl (C=O) groups is 1. The summed E-state index contributed by atoms with van der Waals surface area (Å²) in [5.74, 6) is -0.0524. The number of ether oxygens (including phenoxy) is 1. The van der Waals surface area contributed by atoms with E-state index in [0.29, 0.717) is 6.42 Å². The summed E-state index contributed by atoms with van der Waals surface area (Å²) in [6.07, 6.45) is 10.6. The molecule has 158 valence electrons. The molecule has 6 heteroatoms. The molecule has 0 fully saturated rings. The highest BCUT2D eigenvalue weighted by atomic mass is 32.2. The monoisotopic (exact) mass is 418 g/mol. The van der Waals surface area contributed by atoms with Gasteiger partial charge in [-0.25, -0.2) is 0 Å². The fourth-order valence-electron chi connectivity index (χ4n) is 3.17. The molecular formula is C23H30O5S. The molecule has 0 aliphatic rings. The summed E-state index contributed by atoms with van der Waals surface area (Å²) in [6, 6.07) is 15.7. The molecule has 0 amide bonds. The highest BCUT2D eigenvalue weighted by molar-refractivity contribution is 7.85. The fourth-order valence-corrected chi connectivity index (χ4v) is 3.65. The van der Waals surface area contributed by atoms with E-state index in [9.17, 15) is 13.2 Å². The molecule has 2 aromatic carbocycles. The Hall–Kier alpha value is -2.18. The van der Waals surface area contributed by atoms with E-state index in [1.54, 1.807) is 0 Å². The predicted octanol–water partition coefficient (Wildman–Crippen LogP) is 5.59. The first-order chi connectivity index (χ1) is 13.9. The number of aryl methyl sites for hydroxylation is 1. The Balaban J connectivity index is 1.46. The molecule has 0 spiro atoms. The lowest BCUT2D eigenvalue weighted by Crippen LogP contribution is -2.07. The van der Waals surface area contributed by atoms with E-state index in [4.69, 9.17) is 9.29 Å². The van der Waals surface area contributed by atoms with Crippen molar-refractivity contribution in [2.24, 2.45) is 0 Å². The topological polar surface area (TPSA) is 80.7 Å². The number of esters is 1. The van der Waals surface area contributed by atoms with Crippen LogP contribution in [0.25, 0.3) is 0 Å². The highest BCUT2D eigenvalue weighted by Gasteiger charge is 2.10. The third-order valence-electron chi connectivity index (χ3n) is 4.79. The Morgan fingerprint density at radius 2 is 1.31 bits per heavy atom. The van der Waals surface area contributed by atoms with Crippen LogP contribution in [0.4, 0.5) is 0 Å². The van der Waals surface area contributed by atoms with Crippen molar-refractivity contribution in [3.63, 3.8) is 0 Å². The van der Waals surface area contributed by atoms with Gasteiger partial charge in [0.15, 0.2) is 0 Å². The van der Waals surface area contributed by atoms with E-state index >= 15 is 0 Å². The van der Waals surface area contributed by atoms with Crippen molar-refractivity contribution in [2.45, 2.75) is 69.1 Å². The molecule has 2 rings (SSSR count). The SMILES string of the molecule is O=C(CCCCCCCCCCc1ccccc1)Oc1ccc(S(=O)(=O)O)cc1. The molecule has 0 atom stereocenters. The van der Waals surface area contributed by atoms with Crippen LogP contribution >= 0.6 is 0 Å². The summed E-state index contributed by atoms with van der Waals surface area (Å²) >= 11 is 0. The standard InChI is InChI=1S/C23H30O5S/c24-23(28-21-16-18-22(19-17-21)29(25,26)27)15-11-6-4-2-1-3-5-8-12-20-13-9-7-10-14-20/h7,9-10,13-14,16-19H,1-6,8,11-12,15H2,(H,25,26,27). The molecule has 0 saturated carbocycles. The molecule has 29 heavy (non-hydrogen) atoms. The molecule has 0 saturated heterocycles. The van der Waals surface area contributed by atoms with E-state index in [1.165, 1.54) is 61.9 Å². The molecule has 0 aliphatic heterocycles. The van der Waals surface area contributed by atoms with Crippen molar-refractivity contribution in [1.82, 2.24) is 0 Å². The smallest absolute Gasteiger partial charge is 0.311 e. The van der Waals surface area contributed by atoms with Gasteiger partial charge in [0.2, 0.25) is 0 Å². The number of hydrogen-bond donors (Lipinski definition) is 1. The van der Waals surface area contributed by atoms with Gasteiger partial charge >= 0.3 is 5.97 Å². The third-order valence-corrected chi connectivity index (χ3v) is 5.66. The molecule has 2 aromatic rings. The zero-order chi connectivity index (χ0) is 21.0. The normalized spacial score (nSPS) is 11.3. The van der Waals surface area contributed by atoms with E-state index in [2.05, 4.69) is 24.3 Å². The van der Waals surface area contributed by atoms with E-state index in [-0.39, 0.29) is 16.6 Å². The molecule has 0 aliphatic carbocycles. The van der Waals surface area contributed by atoms with Gasteiger partial charge < -0.3 is 4.74 Å². The molecule has 0 unspecified atom stereocenters. The van der Waals surface area contributed by atoms with Crippen LogP contribution in [0.1, 0.15) is 63.4 Å². The maximum absolute atomic E-state index is 11.8. The molecule has 5 nitrogen and oxygen atoms in total. The maximum atomic E-state index is 11.8.